The van der Waals surface area contributed by atoms with Gasteiger partial charge in [-0.15, -0.1) is 0 Å². The van der Waals surface area contributed by atoms with Crippen LogP contribution in [0.5, 0.6) is 0 Å². The first-order valence-electron chi connectivity index (χ1n) is 6.77. The van der Waals surface area contributed by atoms with Crippen LogP contribution in [-0.2, 0) is 0 Å². The average Bonchev–Trinajstić information content (AvgIpc) is 2.30. The van der Waals surface area contributed by atoms with E-state index in [2.05, 4.69) is 22.9 Å². The maximum Gasteiger partial charge on any atom is 0.0284 e. The lowest BCUT2D eigenvalue weighted by Gasteiger charge is -2.42. The quantitative estimate of drug-likeness (QED) is 0.824. The van der Waals surface area contributed by atoms with Crippen LogP contribution in [-0.4, -0.2) is 41.6 Å². The van der Waals surface area contributed by atoms with Gasteiger partial charge in [0.15, 0.2) is 0 Å². The molecule has 2 nitrogen and oxygen atoms in total. The first kappa shape index (κ1) is 12.7. The van der Waals surface area contributed by atoms with Gasteiger partial charge < -0.3 is 10.6 Å². The van der Waals surface area contributed by atoms with Crippen molar-refractivity contribution >= 4 is 11.8 Å². The molecule has 1 heterocycles. The predicted molar refractivity (Wildman–Crippen MR) is 73.0 cm³/mol. The molecule has 2 fully saturated rings. The predicted octanol–water partition coefficient (Wildman–Crippen LogP) is 2.48. The standard InChI is InChI=1S/C13H26N2S/c1-16-13(7-3-2-4-8-13)11-15-9-5-6-12(14)10-15/h12H,2-11,14H2,1H3. The molecule has 1 saturated heterocycles. The number of nitrogens with zero attached hydrogens (tertiary/aromatic N) is 1. The zero-order valence-electron chi connectivity index (χ0n) is 10.6. The lowest BCUT2D eigenvalue weighted by Crippen LogP contribution is -2.49. The molecule has 2 aliphatic rings. The zero-order chi connectivity index (χ0) is 11.4. The summed E-state index contributed by atoms with van der Waals surface area (Å²) in [4.78, 5) is 2.62. The molecule has 16 heavy (non-hydrogen) atoms. The average molecular weight is 242 g/mol. The lowest BCUT2D eigenvalue weighted by atomic mass is 9.87. The zero-order valence-corrected chi connectivity index (χ0v) is 11.4. The minimum absolute atomic E-state index is 0.427. The van der Waals surface area contributed by atoms with Crippen LogP contribution in [0.25, 0.3) is 0 Å². The molecule has 1 saturated carbocycles. The molecule has 94 valence electrons. The summed E-state index contributed by atoms with van der Waals surface area (Å²) in [6.07, 6.45) is 12.0. The normalized spacial score (nSPS) is 31.5. The van der Waals surface area contributed by atoms with Gasteiger partial charge in [0.2, 0.25) is 0 Å². The van der Waals surface area contributed by atoms with E-state index in [1.54, 1.807) is 0 Å². The number of hydrogen-bond acceptors (Lipinski definition) is 3. The van der Waals surface area contributed by atoms with E-state index in [9.17, 15) is 0 Å². The number of likely N-dealkylation sites (tertiary alicyclic amines) is 1. The molecule has 0 bridgehead atoms. The molecule has 1 aliphatic heterocycles. The van der Waals surface area contributed by atoms with Crippen LogP contribution >= 0.6 is 11.8 Å². The van der Waals surface area contributed by atoms with Crippen molar-refractivity contribution in [2.75, 3.05) is 25.9 Å². The van der Waals surface area contributed by atoms with Crippen molar-refractivity contribution in [3.8, 4) is 0 Å². The van der Waals surface area contributed by atoms with Gasteiger partial charge in [-0.2, -0.15) is 11.8 Å². The van der Waals surface area contributed by atoms with E-state index in [1.807, 2.05) is 0 Å². The third-order valence-electron chi connectivity index (χ3n) is 4.25. The summed E-state index contributed by atoms with van der Waals surface area (Å²) in [6, 6.07) is 0.427. The third kappa shape index (κ3) is 3.14. The number of rotatable bonds is 3. The van der Waals surface area contributed by atoms with E-state index in [0.29, 0.717) is 10.8 Å². The fourth-order valence-corrected chi connectivity index (χ4v) is 4.27. The van der Waals surface area contributed by atoms with Gasteiger partial charge >= 0.3 is 0 Å². The van der Waals surface area contributed by atoms with Gasteiger partial charge in [-0.1, -0.05) is 19.3 Å². The van der Waals surface area contributed by atoms with Crippen molar-refractivity contribution in [1.82, 2.24) is 4.90 Å². The summed E-state index contributed by atoms with van der Waals surface area (Å²) in [5.41, 5.74) is 6.07. The number of thioether (sulfide) groups is 1. The van der Waals surface area contributed by atoms with E-state index in [0.717, 1.165) is 6.54 Å². The van der Waals surface area contributed by atoms with Gasteiger partial charge in [0, 0.05) is 23.9 Å². The van der Waals surface area contributed by atoms with Gasteiger partial charge in [-0.05, 0) is 38.5 Å². The molecule has 0 amide bonds. The van der Waals surface area contributed by atoms with Gasteiger partial charge in [-0.3, -0.25) is 0 Å². The van der Waals surface area contributed by atoms with Crippen molar-refractivity contribution < 1.29 is 0 Å². The second-order valence-electron chi connectivity index (χ2n) is 5.59. The Balaban J connectivity index is 1.89. The van der Waals surface area contributed by atoms with Crippen molar-refractivity contribution in [3.63, 3.8) is 0 Å². The largest absolute Gasteiger partial charge is 0.327 e. The van der Waals surface area contributed by atoms with Gasteiger partial charge in [-0.25, -0.2) is 0 Å². The summed E-state index contributed by atoms with van der Waals surface area (Å²) in [5, 5.41) is 0. The smallest absolute Gasteiger partial charge is 0.0284 e. The van der Waals surface area contributed by atoms with Crippen molar-refractivity contribution in [2.24, 2.45) is 5.73 Å². The Kier molecular flexibility index (Phi) is 4.57. The molecular formula is C13H26N2S. The highest BCUT2D eigenvalue weighted by Gasteiger charge is 2.33. The Morgan fingerprint density at radius 1 is 1.25 bits per heavy atom. The number of piperidine rings is 1. The molecule has 2 rings (SSSR count). The molecule has 0 spiro atoms. The SMILES string of the molecule is CSC1(CN2CCCC(N)C2)CCCCC1. The number of hydrogen-bond donors (Lipinski definition) is 1. The van der Waals surface area contributed by atoms with E-state index in [1.165, 1.54) is 58.0 Å². The Labute approximate surface area is 104 Å². The minimum atomic E-state index is 0.427. The molecule has 0 aromatic rings. The molecule has 3 heteroatoms. The summed E-state index contributed by atoms with van der Waals surface area (Å²) < 4.78 is 0.551. The molecule has 0 radical (unpaired) electrons. The molecule has 0 aromatic heterocycles. The van der Waals surface area contributed by atoms with Crippen LogP contribution < -0.4 is 5.73 Å². The Morgan fingerprint density at radius 2 is 2.00 bits per heavy atom. The highest BCUT2D eigenvalue weighted by atomic mass is 32.2. The van der Waals surface area contributed by atoms with Crippen molar-refractivity contribution in [3.05, 3.63) is 0 Å². The summed E-state index contributed by atoms with van der Waals surface area (Å²) in [7, 11) is 0. The van der Waals surface area contributed by atoms with Gasteiger partial charge in [0.25, 0.3) is 0 Å². The van der Waals surface area contributed by atoms with E-state index < -0.39 is 0 Å². The summed E-state index contributed by atoms with van der Waals surface area (Å²) >= 11 is 2.11. The van der Waals surface area contributed by atoms with E-state index in [-0.39, 0.29) is 0 Å². The molecule has 2 N–H and O–H groups in total. The van der Waals surface area contributed by atoms with E-state index in [4.69, 9.17) is 5.73 Å². The fourth-order valence-electron chi connectivity index (χ4n) is 3.27. The summed E-state index contributed by atoms with van der Waals surface area (Å²) in [6.45, 7) is 3.68. The second-order valence-corrected chi connectivity index (χ2v) is 6.86. The van der Waals surface area contributed by atoms with E-state index >= 15 is 0 Å². The fraction of sp³-hybridized carbons (Fsp3) is 1.00. The first-order chi connectivity index (χ1) is 7.74. The maximum atomic E-state index is 6.07. The van der Waals surface area contributed by atoms with Crippen LogP contribution in [0, 0.1) is 0 Å². The monoisotopic (exact) mass is 242 g/mol. The topological polar surface area (TPSA) is 29.3 Å². The Hall–Kier alpha value is 0.270. The van der Waals surface area contributed by atoms with Crippen LogP contribution in [0.15, 0.2) is 0 Å². The minimum Gasteiger partial charge on any atom is -0.327 e. The lowest BCUT2D eigenvalue weighted by molar-refractivity contribution is 0.175. The van der Waals surface area contributed by atoms with Crippen LogP contribution in [0.3, 0.4) is 0 Å². The highest BCUT2D eigenvalue weighted by Crippen LogP contribution is 2.39. The summed E-state index contributed by atoms with van der Waals surface area (Å²) in [5.74, 6) is 0. The third-order valence-corrected chi connectivity index (χ3v) is 5.65. The number of nitrogens with two attached hydrogens (primary N) is 1. The second kappa shape index (κ2) is 5.74. The van der Waals surface area contributed by atoms with Gasteiger partial charge in [0.1, 0.15) is 0 Å². The highest BCUT2D eigenvalue weighted by molar-refractivity contribution is 8.00. The Bertz CT molecular complexity index is 214. The van der Waals surface area contributed by atoms with Crippen molar-refractivity contribution in [1.29, 1.82) is 0 Å². The molecule has 1 aliphatic carbocycles. The molecule has 1 atom stereocenters. The molecule has 1 unspecified atom stereocenters. The van der Waals surface area contributed by atoms with Crippen LogP contribution in [0.4, 0.5) is 0 Å². The van der Waals surface area contributed by atoms with Crippen LogP contribution in [0.1, 0.15) is 44.9 Å². The first-order valence-corrected chi connectivity index (χ1v) is 8.00. The molecule has 0 aromatic carbocycles. The Morgan fingerprint density at radius 3 is 2.62 bits per heavy atom. The van der Waals surface area contributed by atoms with Crippen molar-refractivity contribution in [2.45, 2.75) is 55.7 Å². The molecular weight excluding hydrogens is 216 g/mol. The maximum absolute atomic E-state index is 6.07. The van der Waals surface area contributed by atoms with Gasteiger partial charge in [0.05, 0.1) is 0 Å². The van der Waals surface area contributed by atoms with Crippen LogP contribution in [0.2, 0.25) is 0 Å².